The van der Waals surface area contributed by atoms with Gasteiger partial charge in [0.25, 0.3) is 0 Å². The highest BCUT2D eigenvalue weighted by molar-refractivity contribution is 5.90. The third kappa shape index (κ3) is 3.52. The second-order valence-corrected chi connectivity index (χ2v) is 9.32. The molecule has 2 fully saturated rings. The SMILES string of the molecule is Cc1ccc(N2CC3(CCC[C@](C)(Cn4cnc5ccc(C#N)cc54)C3)OC2=O)cn1. The fourth-order valence-electron chi connectivity index (χ4n) is 5.25. The average Bonchev–Trinajstić information content (AvgIpc) is 3.28. The molecular formula is C24H25N5O2. The van der Waals surface area contributed by atoms with Gasteiger partial charge >= 0.3 is 6.09 Å². The van der Waals surface area contributed by atoms with Crippen LogP contribution < -0.4 is 4.90 Å². The highest BCUT2D eigenvalue weighted by Crippen LogP contribution is 2.47. The molecule has 2 atom stereocenters. The Bertz CT molecular complexity index is 1190. The Morgan fingerprint density at radius 3 is 2.87 bits per heavy atom. The van der Waals surface area contributed by atoms with E-state index in [9.17, 15) is 10.1 Å². The van der Waals surface area contributed by atoms with Gasteiger partial charge in [-0.3, -0.25) is 9.88 Å². The first-order valence-electron chi connectivity index (χ1n) is 10.7. The number of anilines is 1. The van der Waals surface area contributed by atoms with E-state index >= 15 is 0 Å². The van der Waals surface area contributed by atoms with Gasteiger partial charge in [0.05, 0.1) is 47.4 Å². The normalized spacial score (nSPS) is 25.7. The second-order valence-electron chi connectivity index (χ2n) is 9.32. The summed E-state index contributed by atoms with van der Waals surface area (Å²) in [5, 5.41) is 9.26. The molecule has 7 nitrogen and oxygen atoms in total. The molecule has 31 heavy (non-hydrogen) atoms. The fraction of sp³-hybridized carbons (Fsp3) is 0.417. The van der Waals surface area contributed by atoms with Crippen molar-refractivity contribution in [3.05, 3.63) is 54.1 Å². The predicted octanol–water partition coefficient (Wildman–Crippen LogP) is 4.59. The van der Waals surface area contributed by atoms with Crippen LogP contribution in [0.1, 0.15) is 43.9 Å². The van der Waals surface area contributed by atoms with Gasteiger partial charge in [-0.25, -0.2) is 9.78 Å². The van der Waals surface area contributed by atoms with Gasteiger partial charge in [0.1, 0.15) is 5.60 Å². The van der Waals surface area contributed by atoms with E-state index in [1.54, 1.807) is 17.2 Å². The van der Waals surface area contributed by atoms with Crippen LogP contribution in [0.3, 0.4) is 0 Å². The van der Waals surface area contributed by atoms with Crippen LogP contribution in [0.25, 0.3) is 11.0 Å². The fourth-order valence-corrected chi connectivity index (χ4v) is 5.25. The van der Waals surface area contributed by atoms with E-state index in [4.69, 9.17) is 4.74 Å². The molecule has 0 N–H and O–H groups in total. The number of ether oxygens (including phenoxy) is 1. The molecule has 1 aromatic carbocycles. The molecule has 1 aliphatic heterocycles. The molecule has 0 bridgehead atoms. The van der Waals surface area contributed by atoms with Gasteiger partial charge < -0.3 is 9.30 Å². The minimum Gasteiger partial charge on any atom is -0.441 e. The molecule has 3 heterocycles. The number of aromatic nitrogens is 3. The number of imidazole rings is 1. The van der Waals surface area contributed by atoms with E-state index in [0.717, 1.165) is 54.6 Å². The number of amides is 1. The lowest BCUT2D eigenvalue weighted by molar-refractivity contribution is -0.0264. The molecule has 2 aliphatic rings. The van der Waals surface area contributed by atoms with Crippen LogP contribution in [-0.4, -0.2) is 32.8 Å². The van der Waals surface area contributed by atoms with Gasteiger partial charge in [0, 0.05) is 12.2 Å². The maximum Gasteiger partial charge on any atom is 0.415 e. The highest BCUT2D eigenvalue weighted by Gasteiger charge is 2.51. The van der Waals surface area contributed by atoms with Gasteiger partial charge in [-0.15, -0.1) is 0 Å². The number of rotatable bonds is 3. The standard InChI is InChI=1S/C24H25N5O2/c1-17-4-6-19(12-26-17)29-15-24(31-22(29)30)9-3-8-23(2,13-24)14-28-16-27-20-7-5-18(11-25)10-21(20)28/h4-7,10,12,16H,3,8-9,13-15H2,1-2H3/t23-,24?/m0/s1. The van der Waals surface area contributed by atoms with Crippen LogP contribution in [-0.2, 0) is 11.3 Å². The number of nitriles is 1. The van der Waals surface area contributed by atoms with Crippen LogP contribution in [0.4, 0.5) is 10.5 Å². The van der Waals surface area contributed by atoms with Gasteiger partial charge in [0.15, 0.2) is 0 Å². The average molecular weight is 415 g/mol. The molecule has 0 radical (unpaired) electrons. The van der Waals surface area contributed by atoms with Crippen molar-refractivity contribution in [3.8, 4) is 6.07 Å². The minimum atomic E-state index is -0.483. The van der Waals surface area contributed by atoms with Gasteiger partial charge in [-0.2, -0.15) is 5.26 Å². The number of aryl methyl sites for hydroxylation is 1. The summed E-state index contributed by atoms with van der Waals surface area (Å²) in [6, 6.07) is 11.6. The summed E-state index contributed by atoms with van der Waals surface area (Å²) in [6.07, 6.45) is 7.01. The van der Waals surface area contributed by atoms with E-state index in [0.29, 0.717) is 12.1 Å². The number of hydrogen-bond acceptors (Lipinski definition) is 5. The molecule has 158 valence electrons. The number of fused-ring (bicyclic) bond motifs is 1. The number of pyridine rings is 1. The summed E-state index contributed by atoms with van der Waals surface area (Å²) in [5.41, 5.74) is 3.66. The Balaban J connectivity index is 1.39. The first kappa shape index (κ1) is 19.6. The van der Waals surface area contributed by atoms with Gasteiger partial charge in [-0.1, -0.05) is 6.92 Å². The van der Waals surface area contributed by atoms with Crippen molar-refractivity contribution in [2.75, 3.05) is 11.4 Å². The topological polar surface area (TPSA) is 84.0 Å². The first-order valence-corrected chi connectivity index (χ1v) is 10.7. The first-order chi connectivity index (χ1) is 14.9. The van der Waals surface area contributed by atoms with Crippen LogP contribution in [0, 0.1) is 23.7 Å². The number of nitrogens with zero attached hydrogens (tertiary/aromatic N) is 5. The van der Waals surface area contributed by atoms with Crippen LogP contribution in [0.15, 0.2) is 42.9 Å². The molecule has 1 unspecified atom stereocenters. The molecule has 3 aromatic rings. The summed E-state index contributed by atoms with van der Waals surface area (Å²) in [6.45, 7) is 5.51. The van der Waals surface area contributed by atoms with Gasteiger partial charge in [-0.05, 0) is 68.4 Å². The summed E-state index contributed by atoms with van der Waals surface area (Å²) >= 11 is 0. The van der Waals surface area contributed by atoms with E-state index in [1.165, 1.54) is 0 Å². The summed E-state index contributed by atoms with van der Waals surface area (Å²) < 4.78 is 8.15. The quantitative estimate of drug-likeness (QED) is 0.625. The molecule has 2 aromatic heterocycles. The molecule has 1 aliphatic carbocycles. The van der Waals surface area contributed by atoms with Crippen molar-refractivity contribution in [2.45, 2.75) is 51.7 Å². The maximum absolute atomic E-state index is 12.7. The van der Waals surface area contributed by atoms with Crippen LogP contribution in [0.5, 0.6) is 0 Å². The molecule has 7 heteroatoms. The molecule has 5 rings (SSSR count). The number of hydrogen-bond donors (Lipinski definition) is 0. The molecule has 1 saturated carbocycles. The molecule has 1 amide bonds. The zero-order valence-electron chi connectivity index (χ0n) is 17.8. The summed E-state index contributed by atoms with van der Waals surface area (Å²) in [4.78, 5) is 23.3. The lowest BCUT2D eigenvalue weighted by Crippen LogP contribution is -2.45. The van der Waals surface area contributed by atoms with Crippen molar-refractivity contribution in [1.82, 2.24) is 14.5 Å². The van der Waals surface area contributed by atoms with Crippen molar-refractivity contribution in [1.29, 1.82) is 5.26 Å². The van der Waals surface area contributed by atoms with Crippen molar-refractivity contribution >= 4 is 22.8 Å². The maximum atomic E-state index is 12.7. The van der Waals surface area contributed by atoms with E-state index in [2.05, 4.69) is 27.5 Å². The van der Waals surface area contributed by atoms with Gasteiger partial charge in [0.2, 0.25) is 0 Å². The largest absolute Gasteiger partial charge is 0.441 e. The van der Waals surface area contributed by atoms with Crippen molar-refractivity contribution in [3.63, 3.8) is 0 Å². The molecule has 1 spiro atoms. The molecular weight excluding hydrogens is 390 g/mol. The van der Waals surface area contributed by atoms with E-state index < -0.39 is 5.60 Å². The Morgan fingerprint density at radius 1 is 1.23 bits per heavy atom. The third-order valence-corrected chi connectivity index (χ3v) is 6.64. The Labute approximate surface area is 181 Å². The molecule has 1 saturated heterocycles. The highest BCUT2D eigenvalue weighted by atomic mass is 16.6. The minimum absolute atomic E-state index is 0.0453. The van der Waals surface area contributed by atoms with Crippen molar-refractivity contribution in [2.24, 2.45) is 5.41 Å². The second kappa shape index (κ2) is 7.09. The lowest BCUT2D eigenvalue weighted by atomic mass is 9.68. The van der Waals surface area contributed by atoms with Crippen LogP contribution >= 0.6 is 0 Å². The summed E-state index contributed by atoms with van der Waals surface area (Å²) in [5.74, 6) is 0. The van der Waals surface area contributed by atoms with Crippen molar-refractivity contribution < 1.29 is 9.53 Å². The van der Waals surface area contributed by atoms with Crippen LogP contribution in [0.2, 0.25) is 0 Å². The summed E-state index contributed by atoms with van der Waals surface area (Å²) in [7, 11) is 0. The zero-order chi connectivity index (χ0) is 21.6. The Kier molecular flexibility index (Phi) is 4.47. The smallest absolute Gasteiger partial charge is 0.415 e. The predicted molar refractivity (Wildman–Crippen MR) is 117 cm³/mol. The third-order valence-electron chi connectivity index (χ3n) is 6.64. The number of carbonyl (C=O) groups is 1. The zero-order valence-corrected chi connectivity index (χ0v) is 17.8. The Morgan fingerprint density at radius 2 is 2.10 bits per heavy atom. The number of benzene rings is 1. The van der Waals surface area contributed by atoms with E-state index in [-0.39, 0.29) is 11.5 Å². The number of carbonyl (C=O) groups excluding carboxylic acids is 1. The van der Waals surface area contributed by atoms with E-state index in [1.807, 2.05) is 37.5 Å². The lowest BCUT2D eigenvalue weighted by Gasteiger charge is -2.43. The monoisotopic (exact) mass is 415 g/mol. The Hall–Kier alpha value is -3.40.